The van der Waals surface area contributed by atoms with Crippen molar-refractivity contribution in [3.8, 4) is 0 Å². The van der Waals surface area contributed by atoms with Gasteiger partial charge < -0.3 is 25.6 Å². The quantitative estimate of drug-likeness (QED) is 0.0414. The van der Waals surface area contributed by atoms with E-state index in [4.69, 9.17) is 14.9 Å². The second-order valence-electron chi connectivity index (χ2n) is 11.2. The number of ether oxygens (including phenoxy) is 1. The first-order valence-electron chi connectivity index (χ1n) is 16.9. The summed E-state index contributed by atoms with van der Waals surface area (Å²) in [6.45, 7) is 3.29. The summed E-state index contributed by atoms with van der Waals surface area (Å²) < 4.78 is 5.83. The summed E-state index contributed by atoms with van der Waals surface area (Å²) in [5.74, 6) is -2.37. The molecule has 0 saturated heterocycles. The highest BCUT2D eigenvalue weighted by atomic mass is 16.5. The van der Waals surface area contributed by atoms with E-state index in [1.54, 1.807) is 0 Å². The average molecular weight is 621 g/mol. The highest BCUT2D eigenvalue weighted by Crippen LogP contribution is 2.15. The molecule has 44 heavy (non-hydrogen) atoms. The van der Waals surface area contributed by atoms with E-state index in [-0.39, 0.29) is 24.5 Å². The molecule has 9 nitrogen and oxygen atoms in total. The minimum absolute atomic E-state index is 0.112. The Hall–Kier alpha value is -2.94. The highest BCUT2D eigenvalue weighted by molar-refractivity contribution is 5.87. The molecule has 0 radical (unpaired) electrons. The largest absolute Gasteiger partial charge is 0.480 e. The number of carbonyl (C=O) groups is 4. The molecule has 9 heteroatoms. The zero-order valence-electron chi connectivity index (χ0n) is 27.4. The molecule has 0 aromatic rings. The normalized spacial score (nSPS) is 13.0. The Labute approximate surface area is 266 Å². The lowest BCUT2D eigenvalue weighted by molar-refractivity contribution is -0.147. The second kappa shape index (κ2) is 30.1. The van der Waals surface area contributed by atoms with Crippen molar-refractivity contribution in [2.75, 3.05) is 13.2 Å². The zero-order valence-corrected chi connectivity index (χ0v) is 27.4. The Bertz CT molecular complexity index is 854. The van der Waals surface area contributed by atoms with E-state index in [2.05, 4.69) is 54.9 Å². The highest BCUT2D eigenvalue weighted by Gasteiger charge is 2.18. The third-order valence-electron chi connectivity index (χ3n) is 7.14. The number of hydrogen-bond acceptors (Lipinski definition) is 6. The van der Waals surface area contributed by atoms with Gasteiger partial charge in [0.05, 0.1) is 13.2 Å². The van der Waals surface area contributed by atoms with Gasteiger partial charge in [0.2, 0.25) is 11.8 Å². The minimum Gasteiger partial charge on any atom is -0.480 e. The smallest absolute Gasteiger partial charge is 0.328 e. The number of unbranched alkanes of at least 4 members (excludes halogenated alkanes) is 11. The van der Waals surface area contributed by atoms with Crippen LogP contribution in [0.5, 0.6) is 0 Å². The number of carboxylic acids is 1. The maximum Gasteiger partial charge on any atom is 0.328 e. The van der Waals surface area contributed by atoms with E-state index < -0.39 is 24.5 Å². The van der Waals surface area contributed by atoms with E-state index >= 15 is 0 Å². The van der Waals surface area contributed by atoms with Crippen LogP contribution < -0.4 is 10.6 Å². The molecule has 0 bridgehead atoms. The van der Waals surface area contributed by atoms with Gasteiger partial charge in [-0.3, -0.25) is 14.4 Å². The Kier molecular flexibility index (Phi) is 28.1. The molecule has 0 aromatic carbocycles. The lowest BCUT2D eigenvalue weighted by Crippen LogP contribution is -2.47. The predicted molar refractivity (Wildman–Crippen MR) is 176 cm³/mol. The molecule has 0 aliphatic carbocycles. The topological polar surface area (TPSA) is 142 Å². The summed E-state index contributed by atoms with van der Waals surface area (Å²) in [6, 6.07) is -1.38. The van der Waals surface area contributed by atoms with Gasteiger partial charge in [-0.1, -0.05) is 108 Å². The second-order valence-corrected chi connectivity index (χ2v) is 11.2. The SMILES string of the molecule is CC/C=C\C/C=C\C/C=C\C(CCCCCCCCC(=O)NCC(=O)NC(CO)C(=O)O)OC(=O)CCCCCCCCC. The van der Waals surface area contributed by atoms with Gasteiger partial charge in [-0.25, -0.2) is 4.79 Å². The molecule has 4 N–H and O–H groups in total. The molecule has 0 saturated carbocycles. The number of aliphatic carboxylic acids is 1. The molecule has 252 valence electrons. The monoisotopic (exact) mass is 620 g/mol. The van der Waals surface area contributed by atoms with E-state index in [0.717, 1.165) is 70.6 Å². The molecule has 0 heterocycles. The summed E-state index contributed by atoms with van der Waals surface area (Å²) in [6.07, 6.45) is 30.6. The number of amides is 2. The van der Waals surface area contributed by atoms with Gasteiger partial charge in [-0.05, 0) is 51.0 Å². The summed E-state index contributed by atoms with van der Waals surface area (Å²) in [5, 5.41) is 22.4. The Morgan fingerprint density at radius 2 is 1.27 bits per heavy atom. The summed E-state index contributed by atoms with van der Waals surface area (Å²) >= 11 is 0. The number of aliphatic hydroxyl groups excluding tert-OH is 1. The van der Waals surface area contributed by atoms with Gasteiger partial charge in [0.25, 0.3) is 0 Å². The van der Waals surface area contributed by atoms with Gasteiger partial charge in [-0.15, -0.1) is 0 Å². The van der Waals surface area contributed by atoms with Gasteiger partial charge in [0.1, 0.15) is 12.1 Å². The molecule has 0 aliphatic rings. The standard InChI is InChI=1S/C35H60N2O7/c1-3-5-7-9-11-13-16-20-24-30(44-34(41)27-23-19-12-10-8-6-4-2)25-21-17-14-15-18-22-26-32(39)36-28-33(40)37-31(29-38)35(42)43/h5,7,11,13,20,24,30-31,38H,3-4,6,8-10,12,14-19,21-23,25-29H2,1-2H3,(H,36,39)(H,37,40)(H,42,43)/b7-5-,13-11-,24-20-. The number of nitrogens with one attached hydrogen (secondary N) is 2. The molecule has 2 amide bonds. The van der Waals surface area contributed by atoms with E-state index in [9.17, 15) is 19.2 Å². The predicted octanol–water partition coefficient (Wildman–Crippen LogP) is 6.70. The number of carboxylic acid groups (broad SMARTS) is 1. The fourth-order valence-electron chi connectivity index (χ4n) is 4.53. The summed E-state index contributed by atoms with van der Waals surface area (Å²) in [5.41, 5.74) is 0. The maximum absolute atomic E-state index is 12.5. The number of esters is 1. The van der Waals surface area contributed by atoms with Crippen LogP contribution in [0.3, 0.4) is 0 Å². The Balaban J connectivity index is 4.30. The van der Waals surface area contributed by atoms with Crippen LogP contribution >= 0.6 is 0 Å². The number of allylic oxidation sites excluding steroid dienone is 5. The van der Waals surface area contributed by atoms with Gasteiger partial charge >= 0.3 is 11.9 Å². The molecule has 0 fully saturated rings. The van der Waals surface area contributed by atoms with E-state index in [0.29, 0.717) is 19.3 Å². The lowest BCUT2D eigenvalue weighted by atomic mass is 10.1. The van der Waals surface area contributed by atoms with Crippen LogP contribution in [-0.4, -0.2) is 59.3 Å². The first-order chi connectivity index (χ1) is 21.3. The van der Waals surface area contributed by atoms with Crippen LogP contribution in [0.2, 0.25) is 0 Å². The van der Waals surface area contributed by atoms with Gasteiger partial charge in [0, 0.05) is 12.8 Å². The zero-order chi connectivity index (χ0) is 32.7. The van der Waals surface area contributed by atoms with Crippen molar-refractivity contribution >= 4 is 23.8 Å². The van der Waals surface area contributed by atoms with Gasteiger partial charge in [-0.2, -0.15) is 0 Å². The fourth-order valence-corrected chi connectivity index (χ4v) is 4.53. The van der Waals surface area contributed by atoms with Crippen molar-refractivity contribution in [1.82, 2.24) is 10.6 Å². The third-order valence-corrected chi connectivity index (χ3v) is 7.14. The first-order valence-corrected chi connectivity index (χ1v) is 16.9. The molecular formula is C35H60N2O7. The number of hydrogen-bond donors (Lipinski definition) is 4. The van der Waals surface area contributed by atoms with Crippen LogP contribution in [0.4, 0.5) is 0 Å². The molecule has 2 unspecified atom stereocenters. The van der Waals surface area contributed by atoms with Crippen molar-refractivity contribution in [2.24, 2.45) is 0 Å². The average Bonchev–Trinajstić information content (AvgIpc) is 3.00. The minimum atomic E-state index is -1.38. The summed E-state index contributed by atoms with van der Waals surface area (Å²) in [7, 11) is 0. The molecule has 0 aromatic heterocycles. The Morgan fingerprint density at radius 1 is 0.705 bits per heavy atom. The molecular weight excluding hydrogens is 560 g/mol. The van der Waals surface area contributed by atoms with Crippen LogP contribution in [0, 0.1) is 0 Å². The molecule has 0 spiro atoms. The van der Waals surface area contributed by atoms with E-state index in [1.807, 2.05) is 6.08 Å². The third kappa shape index (κ3) is 26.7. The lowest BCUT2D eigenvalue weighted by Gasteiger charge is -2.15. The van der Waals surface area contributed by atoms with Crippen molar-refractivity contribution in [1.29, 1.82) is 0 Å². The van der Waals surface area contributed by atoms with Crippen molar-refractivity contribution in [3.05, 3.63) is 36.5 Å². The number of carbonyl (C=O) groups excluding carboxylic acids is 3. The van der Waals surface area contributed by atoms with Crippen LogP contribution in [0.1, 0.15) is 136 Å². The fraction of sp³-hybridized carbons (Fsp3) is 0.714. The van der Waals surface area contributed by atoms with Crippen LogP contribution in [0.25, 0.3) is 0 Å². The molecule has 0 aliphatic heterocycles. The molecule has 2 atom stereocenters. The van der Waals surface area contributed by atoms with E-state index in [1.165, 1.54) is 32.1 Å². The van der Waals surface area contributed by atoms with Crippen molar-refractivity contribution in [2.45, 2.75) is 148 Å². The van der Waals surface area contributed by atoms with Crippen molar-refractivity contribution in [3.63, 3.8) is 0 Å². The van der Waals surface area contributed by atoms with Crippen LogP contribution in [0.15, 0.2) is 36.5 Å². The number of aliphatic hydroxyl groups is 1. The molecule has 0 rings (SSSR count). The van der Waals surface area contributed by atoms with Crippen molar-refractivity contribution < 1.29 is 34.1 Å². The number of rotatable bonds is 29. The Morgan fingerprint density at radius 3 is 1.89 bits per heavy atom. The summed E-state index contributed by atoms with van der Waals surface area (Å²) in [4.78, 5) is 47.0. The van der Waals surface area contributed by atoms with Gasteiger partial charge in [0.15, 0.2) is 0 Å². The maximum atomic E-state index is 12.5. The van der Waals surface area contributed by atoms with Crippen LogP contribution in [-0.2, 0) is 23.9 Å². The first kappa shape index (κ1) is 41.1.